The number of pyridine rings is 1. The minimum absolute atomic E-state index is 0.0767. The van der Waals surface area contributed by atoms with Crippen LogP contribution in [0.5, 0.6) is 0 Å². The maximum atomic E-state index is 6.28. The zero-order valence-corrected chi connectivity index (χ0v) is 12.6. The number of alkyl halides is 1. The molecule has 0 aliphatic carbocycles. The molecule has 19 heavy (non-hydrogen) atoms. The molecular formula is C14H18ClN3S. The van der Waals surface area contributed by atoms with Crippen LogP contribution < -0.4 is 0 Å². The summed E-state index contributed by atoms with van der Waals surface area (Å²) in [6.45, 7) is 2.98. The van der Waals surface area contributed by atoms with Gasteiger partial charge in [-0.3, -0.25) is 0 Å². The molecule has 0 N–H and O–H groups in total. The maximum absolute atomic E-state index is 6.28. The van der Waals surface area contributed by atoms with Crippen LogP contribution in [0.2, 0.25) is 0 Å². The summed E-state index contributed by atoms with van der Waals surface area (Å²) in [4.78, 5) is 9.13. The van der Waals surface area contributed by atoms with E-state index < -0.39 is 0 Å². The minimum atomic E-state index is -0.0767. The summed E-state index contributed by atoms with van der Waals surface area (Å²) in [6, 6.07) is 3.94. The van der Waals surface area contributed by atoms with Crippen LogP contribution in [0.3, 0.4) is 0 Å². The van der Waals surface area contributed by atoms with E-state index >= 15 is 0 Å². The Labute approximate surface area is 122 Å². The molecule has 0 bridgehead atoms. The standard InChI is InChI=1S/C14H18ClN3S/c1-10(15)13-17-12-3-2-6-16-14(12)18(13)9-11-4-7-19-8-5-11/h2-3,6,10-11H,4-5,7-9H2,1H3. The van der Waals surface area contributed by atoms with Crippen molar-refractivity contribution in [2.45, 2.75) is 31.7 Å². The first kappa shape index (κ1) is 13.3. The third-order valence-electron chi connectivity index (χ3n) is 3.67. The van der Waals surface area contributed by atoms with Crippen molar-refractivity contribution in [3.63, 3.8) is 0 Å². The van der Waals surface area contributed by atoms with Gasteiger partial charge in [-0.15, -0.1) is 11.6 Å². The lowest BCUT2D eigenvalue weighted by Crippen LogP contribution is -2.18. The topological polar surface area (TPSA) is 30.7 Å². The lowest BCUT2D eigenvalue weighted by molar-refractivity contribution is 0.414. The van der Waals surface area contributed by atoms with Gasteiger partial charge in [0.1, 0.15) is 11.3 Å². The summed E-state index contributed by atoms with van der Waals surface area (Å²) >= 11 is 8.34. The molecule has 3 nitrogen and oxygen atoms in total. The van der Waals surface area contributed by atoms with Crippen LogP contribution in [0.1, 0.15) is 31.0 Å². The Balaban J connectivity index is 1.97. The highest BCUT2D eigenvalue weighted by atomic mass is 35.5. The van der Waals surface area contributed by atoms with Crippen LogP contribution in [0.25, 0.3) is 11.2 Å². The summed E-state index contributed by atoms with van der Waals surface area (Å²) in [5, 5.41) is -0.0767. The molecule has 1 unspecified atom stereocenters. The van der Waals surface area contributed by atoms with Crippen LogP contribution in [-0.2, 0) is 6.54 Å². The monoisotopic (exact) mass is 295 g/mol. The van der Waals surface area contributed by atoms with Crippen LogP contribution in [0, 0.1) is 5.92 Å². The zero-order valence-electron chi connectivity index (χ0n) is 11.1. The van der Waals surface area contributed by atoms with Gasteiger partial charge in [0.05, 0.1) is 5.38 Å². The van der Waals surface area contributed by atoms with E-state index in [0.29, 0.717) is 0 Å². The molecule has 1 saturated heterocycles. The minimum Gasteiger partial charge on any atom is -0.311 e. The fourth-order valence-electron chi connectivity index (χ4n) is 2.65. The second-order valence-electron chi connectivity index (χ2n) is 5.10. The molecule has 3 heterocycles. The van der Waals surface area contributed by atoms with E-state index in [1.807, 2.05) is 25.3 Å². The van der Waals surface area contributed by atoms with Gasteiger partial charge in [0, 0.05) is 12.7 Å². The zero-order chi connectivity index (χ0) is 13.2. The van der Waals surface area contributed by atoms with Gasteiger partial charge in [-0.1, -0.05) is 0 Å². The van der Waals surface area contributed by atoms with E-state index in [1.165, 1.54) is 24.3 Å². The SMILES string of the molecule is CC(Cl)c1nc2cccnc2n1CC1CCSCC1. The van der Waals surface area contributed by atoms with Crippen molar-refractivity contribution in [3.8, 4) is 0 Å². The van der Waals surface area contributed by atoms with Crippen LogP contribution >= 0.6 is 23.4 Å². The second kappa shape index (κ2) is 5.71. The number of nitrogens with zero attached hydrogens (tertiary/aromatic N) is 3. The summed E-state index contributed by atoms with van der Waals surface area (Å²) in [5.74, 6) is 4.23. The van der Waals surface area contributed by atoms with Gasteiger partial charge in [-0.05, 0) is 49.3 Å². The van der Waals surface area contributed by atoms with Gasteiger partial charge < -0.3 is 4.57 Å². The first-order chi connectivity index (χ1) is 9.25. The molecule has 2 aromatic rings. The molecule has 0 amide bonds. The number of hydrogen-bond acceptors (Lipinski definition) is 3. The molecule has 1 fully saturated rings. The molecule has 0 spiro atoms. The van der Waals surface area contributed by atoms with Gasteiger partial charge in [0.15, 0.2) is 5.65 Å². The van der Waals surface area contributed by atoms with E-state index in [1.54, 1.807) is 0 Å². The highest BCUT2D eigenvalue weighted by molar-refractivity contribution is 7.99. The van der Waals surface area contributed by atoms with Gasteiger partial charge in [0.25, 0.3) is 0 Å². The third-order valence-corrected chi connectivity index (χ3v) is 4.91. The second-order valence-corrected chi connectivity index (χ2v) is 6.98. The van der Waals surface area contributed by atoms with Crippen molar-refractivity contribution in [1.29, 1.82) is 0 Å². The number of rotatable bonds is 3. The fourth-order valence-corrected chi connectivity index (χ4v) is 4.02. The lowest BCUT2D eigenvalue weighted by atomic mass is 10.0. The predicted octanol–water partition coefficient (Wildman–Crippen LogP) is 3.87. The molecule has 0 saturated carbocycles. The summed E-state index contributed by atoms with van der Waals surface area (Å²) in [6.07, 6.45) is 4.40. The Kier molecular flexibility index (Phi) is 3.99. The molecule has 0 aromatic carbocycles. The number of imidazole rings is 1. The number of fused-ring (bicyclic) bond motifs is 1. The largest absolute Gasteiger partial charge is 0.311 e. The molecule has 3 rings (SSSR count). The smallest absolute Gasteiger partial charge is 0.160 e. The van der Waals surface area contributed by atoms with Crippen LogP contribution in [-0.4, -0.2) is 26.0 Å². The molecule has 5 heteroatoms. The highest BCUT2D eigenvalue weighted by Gasteiger charge is 2.20. The average Bonchev–Trinajstić information content (AvgIpc) is 2.79. The molecule has 0 radical (unpaired) electrons. The average molecular weight is 296 g/mol. The van der Waals surface area contributed by atoms with E-state index in [-0.39, 0.29) is 5.38 Å². The molecule has 102 valence electrons. The van der Waals surface area contributed by atoms with E-state index in [2.05, 4.69) is 26.3 Å². The Morgan fingerprint density at radius 2 is 2.26 bits per heavy atom. The fraction of sp³-hybridized carbons (Fsp3) is 0.571. The van der Waals surface area contributed by atoms with Gasteiger partial charge >= 0.3 is 0 Å². The van der Waals surface area contributed by atoms with E-state index in [0.717, 1.165) is 29.5 Å². The van der Waals surface area contributed by atoms with Crippen molar-refractivity contribution < 1.29 is 0 Å². The Morgan fingerprint density at radius 1 is 1.47 bits per heavy atom. The summed E-state index contributed by atoms with van der Waals surface area (Å²) in [7, 11) is 0. The lowest BCUT2D eigenvalue weighted by Gasteiger charge is -2.23. The van der Waals surface area contributed by atoms with Gasteiger partial charge in [-0.25, -0.2) is 9.97 Å². The summed E-state index contributed by atoms with van der Waals surface area (Å²) in [5.41, 5.74) is 1.93. The van der Waals surface area contributed by atoms with Gasteiger partial charge in [0.2, 0.25) is 0 Å². The number of halogens is 1. The van der Waals surface area contributed by atoms with Crippen LogP contribution in [0.15, 0.2) is 18.3 Å². The van der Waals surface area contributed by atoms with Crippen molar-refractivity contribution in [1.82, 2.24) is 14.5 Å². The Morgan fingerprint density at radius 3 is 3.00 bits per heavy atom. The van der Waals surface area contributed by atoms with Crippen molar-refractivity contribution in [2.75, 3.05) is 11.5 Å². The van der Waals surface area contributed by atoms with E-state index in [9.17, 15) is 0 Å². The highest BCUT2D eigenvalue weighted by Crippen LogP contribution is 2.28. The number of thioether (sulfide) groups is 1. The Hall–Kier alpha value is -0.740. The van der Waals surface area contributed by atoms with Crippen molar-refractivity contribution >= 4 is 34.5 Å². The van der Waals surface area contributed by atoms with Crippen molar-refractivity contribution in [3.05, 3.63) is 24.2 Å². The molecule has 1 aliphatic rings. The molecule has 1 atom stereocenters. The number of aromatic nitrogens is 3. The predicted molar refractivity (Wildman–Crippen MR) is 81.8 cm³/mol. The quantitative estimate of drug-likeness (QED) is 0.805. The van der Waals surface area contributed by atoms with Crippen LogP contribution in [0.4, 0.5) is 0 Å². The normalized spacial score (nSPS) is 18.8. The first-order valence-corrected chi connectivity index (χ1v) is 8.38. The Bertz CT molecular complexity index is 561. The maximum Gasteiger partial charge on any atom is 0.160 e. The summed E-state index contributed by atoms with van der Waals surface area (Å²) < 4.78 is 2.23. The van der Waals surface area contributed by atoms with Crippen molar-refractivity contribution in [2.24, 2.45) is 5.92 Å². The number of hydrogen-bond donors (Lipinski definition) is 0. The third kappa shape index (κ3) is 2.75. The van der Waals surface area contributed by atoms with E-state index in [4.69, 9.17) is 11.6 Å². The molecular weight excluding hydrogens is 278 g/mol. The molecule has 1 aliphatic heterocycles. The molecule has 2 aromatic heterocycles. The first-order valence-electron chi connectivity index (χ1n) is 6.78. The van der Waals surface area contributed by atoms with Gasteiger partial charge in [-0.2, -0.15) is 11.8 Å².